The van der Waals surface area contributed by atoms with Gasteiger partial charge in [-0.05, 0) is 30.7 Å². The van der Waals surface area contributed by atoms with E-state index < -0.39 is 0 Å². The van der Waals surface area contributed by atoms with Crippen molar-refractivity contribution < 1.29 is 28.2 Å². The molecule has 4 rings (SSSR count). The van der Waals surface area contributed by atoms with Crippen molar-refractivity contribution in [1.82, 2.24) is 15.1 Å². The van der Waals surface area contributed by atoms with E-state index >= 15 is 0 Å². The summed E-state index contributed by atoms with van der Waals surface area (Å²) in [4.78, 5) is 26.1. The Labute approximate surface area is 188 Å². The van der Waals surface area contributed by atoms with Crippen molar-refractivity contribution in [2.24, 2.45) is 0 Å². The second-order valence-corrected chi connectivity index (χ2v) is 7.84. The van der Waals surface area contributed by atoms with Crippen molar-refractivity contribution in [3.63, 3.8) is 0 Å². The number of amides is 2. The minimum atomic E-state index is -0.252. The number of rotatable bonds is 9. The molecule has 2 amide bonds. The quantitative estimate of drug-likeness (QED) is 0.272. The van der Waals surface area contributed by atoms with Crippen molar-refractivity contribution in [2.45, 2.75) is 11.6 Å². The highest BCUT2D eigenvalue weighted by Gasteiger charge is 2.34. The molecule has 0 atom stereocenters. The van der Waals surface area contributed by atoms with E-state index in [2.05, 4.69) is 10.2 Å². The SMILES string of the molecule is COc1cc(-c2nnc(SCCCN3C(=O)c4ccccc4C3=O)o2)cc(OC)c1OC. The fourth-order valence-corrected chi connectivity index (χ4v) is 4.10. The number of benzene rings is 2. The molecule has 0 radical (unpaired) electrons. The van der Waals surface area contributed by atoms with E-state index in [1.807, 2.05) is 0 Å². The summed E-state index contributed by atoms with van der Waals surface area (Å²) in [6.07, 6.45) is 0.595. The molecule has 0 unspecified atom stereocenters. The summed E-state index contributed by atoms with van der Waals surface area (Å²) in [6.45, 7) is 0.327. The van der Waals surface area contributed by atoms with E-state index in [-0.39, 0.29) is 11.8 Å². The Morgan fingerprint density at radius 3 is 2.12 bits per heavy atom. The van der Waals surface area contributed by atoms with Gasteiger partial charge in [0.15, 0.2) is 11.5 Å². The van der Waals surface area contributed by atoms with Crippen LogP contribution in [0, 0.1) is 0 Å². The molecule has 1 aliphatic rings. The molecule has 9 nitrogen and oxygen atoms in total. The van der Waals surface area contributed by atoms with E-state index in [0.29, 0.717) is 63.8 Å². The molecule has 0 saturated heterocycles. The van der Waals surface area contributed by atoms with Gasteiger partial charge in [-0.25, -0.2) is 0 Å². The molecule has 0 saturated carbocycles. The molecular weight excluding hydrogens is 434 g/mol. The second-order valence-electron chi connectivity index (χ2n) is 6.80. The van der Waals surface area contributed by atoms with Gasteiger partial charge in [0.25, 0.3) is 17.0 Å². The third-order valence-corrected chi connectivity index (χ3v) is 5.85. The van der Waals surface area contributed by atoms with Crippen molar-refractivity contribution in [3.8, 4) is 28.7 Å². The molecule has 0 fully saturated rings. The summed E-state index contributed by atoms with van der Waals surface area (Å²) in [7, 11) is 4.60. The first-order valence-corrected chi connectivity index (χ1v) is 10.8. The van der Waals surface area contributed by atoms with Crippen molar-refractivity contribution >= 4 is 23.6 Å². The maximum absolute atomic E-state index is 12.4. The monoisotopic (exact) mass is 455 g/mol. The second kappa shape index (κ2) is 9.31. The largest absolute Gasteiger partial charge is 0.493 e. The Bertz CT molecular complexity index is 1100. The van der Waals surface area contributed by atoms with Crippen LogP contribution in [0.15, 0.2) is 46.0 Å². The predicted molar refractivity (Wildman–Crippen MR) is 117 cm³/mol. The number of thioether (sulfide) groups is 1. The van der Waals surface area contributed by atoms with Crippen molar-refractivity contribution in [1.29, 1.82) is 0 Å². The molecule has 2 aromatic carbocycles. The van der Waals surface area contributed by atoms with Crippen LogP contribution in [0.2, 0.25) is 0 Å². The van der Waals surface area contributed by atoms with Gasteiger partial charge in [-0.1, -0.05) is 23.9 Å². The summed E-state index contributed by atoms with van der Waals surface area (Å²) in [5, 5.41) is 8.54. The minimum Gasteiger partial charge on any atom is -0.493 e. The zero-order valence-electron chi connectivity index (χ0n) is 17.8. The summed E-state index contributed by atoms with van der Waals surface area (Å²) < 4.78 is 21.8. The highest BCUT2D eigenvalue weighted by molar-refractivity contribution is 7.99. The van der Waals surface area contributed by atoms with Crippen molar-refractivity contribution in [2.75, 3.05) is 33.6 Å². The van der Waals surface area contributed by atoms with Gasteiger partial charge in [0.05, 0.1) is 32.5 Å². The smallest absolute Gasteiger partial charge is 0.276 e. The molecule has 0 bridgehead atoms. The van der Waals surface area contributed by atoms with E-state index in [9.17, 15) is 9.59 Å². The Hall–Kier alpha value is -3.53. The van der Waals surface area contributed by atoms with Crippen LogP contribution in [0.3, 0.4) is 0 Å². The lowest BCUT2D eigenvalue weighted by Crippen LogP contribution is -2.30. The van der Waals surface area contributed by atoms with Gasteiger partial charge in [-0.15, -0.1) is 10.2 Å². The number of ether oxygens (including phenoxy) is 3. The highest BCUT2D eigenvalue weighted by atomic mass is 32.2. The molecule has 0 N–H and O–H groups in total. The number of hydrogen-bond donors (Lipinski definition) is 0. The Kier molecular flexibility index (Phi) is 6.31. The maximum atomic E-state index is 12.4. The summed E-state index contributed by atoms with van der Waals surface area (Å²) in [6, 6.07) is 10.3. The third-order valence-electron chi connectivity index (χ3n) is 4.95. The number of nitrogens with zero attached hydrogens (tertiary/aromatic N) is 3. The average Bonchev–Trinajstić information content (AvgIpc) is 3.39. The lowest BCUT2D eigenvalue weighted by atomic mass is 10.1. The Morgan fingerprint density at radius 2 is 1.56 bits per heavy atom. The third kappa shape index (κ3) is 4.01. The van der Waals surface area contributed by atoms with Crippen LogP contribution in [0.25, 0.3) is 11.5 Å². The zero-order valence-corrected chi connectivity index (χ0v) is 18.6. The molecule has 0 spiro atoms. The molecule has 10 heteroatoms. The van der Waals surface area contributed by atoms with Crippen LogP contribution >= 0.6 is 11.8 Å². The van der Waals surface area contributed by atoms with Gasteiger partial charge in [0.1, 0.15) is 0 Å². The van der Waals surface area contributed by atoms with Gasteiger partial charge >= 0.3 is 0 Å². The van der Waals surface area contributed by atoms with Gasteiger partial charge in [0, 0.05) is 17.9 Å². The number of carbonyl (C=O) groups is 2. The summed E-state index contributed by atoms with van der Waals surface area (Å²) in [5.41, 5.74) is 1.54. The number of imide groups is 1. The van der Waals surface area contributed by atoms with Gasteiger partial charge in [0.2, 0.25) is 11.6 Å². The number of carbonyl (C=O) groups excluding carboxylic acids is 2. The summed E-state index contributed by atoms with van der Waals surface area (Å²) >= 11 is 1.36. The first-order valence-electron chi connectivity index (χ1n) is 9.79. The van der Waals surface area contributed by atoms with E-state index in [0.717, 1.165) is 0 Å². The van der Waals surface area contributed by atoms with Crippen LogP contribution in [-0.4, -0.2) is 60.5 Å². The molecule has 3 aromatic rings. The lowest BCUT2D eigenvalue weighted by Gasteiger charge is -2.13. The zero-order chi connectivity index (χ0) is 22.7. The van der Waals surface area contributed by atoms with Crippen LogP contribution in [0.4, 0.5) is 0 Å². The lowest BCUT2D eigenvalue weighted by molar-refractivity contribution is 0.0655. The van der Waals surface area contributed by atoms with E-state index in [4.69, 9.17) is 18.6 Å². The topological polar surface area (TPSA) is 104 Å². The number of hydrogen-bond acceptors (Lipinski definition) is 9. The van der Waals surface area contributed by atoms with Crippen molar-refractivity contribution in [3.05, 3.63) is 47.5 Å². The molecule has 0 aliphatic carbocycles. The molecule has 1 aromatic heterocycles. The fraction of sp³-hybridized carbons (Fsp3) is 0.273. The fourth-order valence-electron chi connectivity index (χ4n) is 3.41. The predicted octanol–water partition coefficient (Wildman–Crippen LogP) is 3.54. The number of methoxy groups -OCH3 is 3. The summed E-state index contributed by atoms with van der Waals surface area (Å²) in [5.74, 6) is 1.85. The Balaban J connectivity index is 1.37. The van der Waals surface area contributed by atoms with Crippen LogP contribution in [-0.2, 0) is 0 Å². The first-order chi connectivity index (χ1) is 15.6. The standard InChI is InChI=1S/C22H21N3O6S/c1-28-16-11-13(12-17(29-2)18(16)30-3)19-23-24-22(31-19)32-10-6-9-25-20(26)14-7-4-5-8-15(14)21(25)27/h4-5,7-8,11-12H,6,9-10H2,1-3H3. The normalized spacial score (nSPS) is 12.8. The van der Waals surface area contributed by atoms with E-state index in [1.54, 1.807) is 36.4 Å². The maximum Gasteiger partial charge on any atom is 0.276 e. The molecule has 32 heavy (non-hydrogen) atoms. The molecular formula is C22H21N3O6S. The Morgan fingerprint density at radius 1 is 0.938 bits per heavy atom. The van der Waals surface area contributed by atoms with Gasteiger partial charge in [-0.3, -0.25) is 14.5 Å². The number of fused-ring (bicyclic) bond motifs is 1. The van der Waals surface area contributed by atoms with Crippen LogP contribution in [0.5, 0.6) is 17.2 Å². The molecule has 1 aliphatic heterocycles. The highest BCUT2D eigenvalue weighted by Crippen LogP contribution is 2.41. The average molecular weight is 455 g/mol. The van der Waals surface area contributed by atoms with E-state index in [1.165, 1.54) is 38.0 Å². The molecule has 166 valence electrons. The number of aromatic nitrogens is 2. The first kappa shape index (κ1) is 21.7. The van der Waals surface area contributed by atoms with Gasteiger partial charge in [-0.2, -0.15) is 0 Å². The van der Waals surface area contributed by atoms with Crippen LogP contribution < -0.4 is 14.2 Å². The minimum absolute atomic E-state index is 0.252. The van der Waals surface area contributed by atoms with Gasteiger partial charge < -0.3 is 18.6 Å². The van der Waals surface area contributed by atoms with Crippen LogP contribution in [0.1, 0.15) is 27.1 Å². The molecule has 2 heterocycles.